The van der Waals surface area contributed by atoms with Gasteiger partial charge in [0.2, 0.25) is 5.91 Å². The molecule has 9 heteroatoms. The second kappa shape index (κ2) is 11.4. The number of aromatic nitrogens is 2. The maximum Gasteiger partial charge on any atom is 0.273 e. The molecule has 3 rings (SSSR count). The monoisotopic (exact) mass is 483 g/mol. The van der Waals surface area contributed by atoms with E-state index < -0.39 is 11.4 Å². The maximum absolute atomic E-state index is 13.6. The van der Waals surface area contributed by atoms with E-state index in [9.17, 15) is 14.4 Å². The molecule has 0 bridgehead atoms. The molecule has 1 aromatic carbocycles. The fourth-order valence-corrected chi connectivity index (χ4v) is 4.23. The summed E-state index contributed by atoms with van der Waals surface area (Å²) >= 11 is 0. The third kappa shape index (κ3) is 5.83. The highest BCUT2D eigenvalue weighted by molar-refractivity contribution is 6.07. The summed E-state index contributed by atoms with van der Waals surface area (Å²) in [6.45, 7) is 11.9. The third-order valence-corrected chi connectivity index (χ3v) is 6.21. The normalized spacial score (nSPS) is 17.3. The van der Waals surface area contributed by atoms with E-state index in [-0.39, 0.29) is 29.7 Å². The lowest BCUT2D eigenvalue weighted by molar-refractivity contribution is -0.132. The number of nitrogens with one attached hydrogen (secondary N) is 2. The molecule has 2 heterocycles. The van der Waals surface area contributed by atoms with Crippen LogP contribution in [0, 0.1) is 5.92 Å². The number of hydrogen-bond donors (Lipinski definition) is 2. The number of rotatable bonds is 11. The van der Waals surface area contributed by atoms with Crippen LogP contribution < -0.4 is 15.4 Å². The van der Waals surface area contributed by atoms with Crippen LogP contribution in [-0.4, -0.2) is 57.4 Å². The Bertz CT molecular complexity index is 1050. The average molecular weight is 484 g/mol. The highest BCUT2D eigenvalue weighted by Gasteiger charge is 2.48. The minimum Gasteiger partial charge on any atom is -0.494 e. The Kier molecular flexibility index (Phi) is 8.53. The van der Waals surface area contributed by atoms with Crippen LogP contribution >= 0.6 is 0 Å². The van der Waals surface area contributed by atoms with Gasteiger partial charge in [-0.05, 0) is 50.3 Å². The SMILES string of the molecule is CCCN1C(=O)c2c(C(=O)NCc3ccc(OCC)cc3)ncn2CC1(C)C(=O)NCCC(C)C. The topological polar surface area (TPSA) is 106 Å². The first-order valence-electron chi connectivity index (χ1n) is 12.4. The van der Waals surface area contributed by atoms with Crippen molar-refractivity contribution in [3.8, 4) is 5.75 Å². The highest BCUT2D eigenvalue weighted by Crippen LogP contribution is 2.29. The smallest absolute Gasteiger partial charge is 0.273 e. The van der Waals surface area contributed by atoms with Gasteiger partial charge in [0.25, 0.3) is 11.8 Å². The first kappa shape index (κ1) is 26.2. The molecule has 0 spiro atoms. The molecule has 190 valence electrons. The van der Waals surface area contributed by atoms with Gasteiger partial charge in [0.15, 0.2) is 5.69 Å². The quantitative estimate of drug-likeness (QED) is 0.511. The summed E-state index contributed by atoms with van der Waals surface area (Å²) in [6.07, 6.45) is 3.02. The second-order valence-electron chi connectivity index (χ2n) is 9.50. The van der Waals surface area contributed by atoms with Gasteiger partial charge in [0.05, 0.1) is 19.5 Å². The number of carbonyl (C=O) groups excluding carboxylic acids is 3. The Balaban J connectivity index is 1.77. The van der Waals surface area contributed by atoms with E-state index in [1.807, 2.05) is 38.1 Å². The van der Waals surface area contributed by atoms with Gasteiger partial charge in [0.1, 0.15) is 17.0 Å². The van der Waals surface area contributed by atoms with E-state index in [1.165, 1.54) is 6.33 Å². The summed E-state index contributed by atoms with van der Waals surface area (Å²) < 4.78 is 7.07. The van der Waals surface area contributed by atoms with Crippen LogP contribution in [0.4, 0.5) is 0 Å². The van der Waals surface area contributed by atoms with Gasteiger partial charge in [-0.1, -0.05) is 32.9 Å². The number of ether oxygens (including phenoxy) is 1. The first-order valence-corrected chi connectivity index (χ1v) is 12.4. The molecule has 9 nitrogen and oxygen atoms in total. The van der Waals surface area contributed by atoms with Crippen molar-refractivity contribution in [2.45, 2.75) is 66.1 Å². The number of carbonyl (C=O) groups is 3. The van der Waals surface area contributed by atoms with Crippen molar-refractivity contribution >= 4 is 17.7 Å². The average Bonchev–Trinajstić information content (AvgIpc) is 3.24. The molecule has 3 amide bonds. The largest absolute Gasteiger partial charge is 0.494 e. The molecule has 0 saturated heterocycles. The number of fused-ring (bicyclic) bond motifs is 1. The Morgan fingerprint density at radius 3 is 2.51 bits per heavy atom. The molecule has 1 aliphatic rings. The van der Waals surface area contributed by atoms with E-state index in [0.717, 1.165) is 17.7 Å². The van der Waals surface area contributed by atoms with Crippen LogP contribution in [0.15, 0.2) is 30.6 Å². The minimum absolute atomic E-state index is 0.0734. The molecule has 2 aromatic rings. The number of imidazole rings is 1. The number of amides is 3. The Hall–Kier alpha value is -3.36. The highest BCUT2D eigenvalue weighted by atomic mass is 16.5. The van der Waals surface area contributed by atoms with Crippen molar-refractivity contribution in [3.05, 3.63) is 47.5 Å². The molecular formula is C26H37N5O4. The van der Waals surface area contributed by atoms with Gasteiger partial charge in [0, 0.05) is 19.6 Å². The molecule has 0 saturated carbocycles. The van der Waals surface area contributed by atoms with E-state index in [0.29, 0.717) is 38.6 Å². The predicted molar refractivity (Wildman–Crippen MR) is 133 cm³/mol. The zero-order chi connectivity index (χ0) is 25.6. The van der Waals surface area contributed by atoms with Crippen LogP contribution in [-0.2, 0) is 17.9 Å². The predicted octanol–water partition coefficient (Wildman–Crippen LogP) is 3.00. The van der Waals surface area contributed by atoms with E-state index in [4.69, 9.17) is 4.74 Å². The van der Waals surface area contributed by atoms with Crippen LogP contribution in [0.3, 0.4) is 0 Å². The Labute approximate surface area is 207 Å². The lowest BCUT2D eigenvalue weighted by atomic mass is 9.93. The molecule has 1 aliphatic heterocycles. The molecule has 0 fully saturated rings. The summed E-state index contributed by atoms with van der Waals surface area (Å²) in [6, 6.07) is 7.46. The van der Waals surface area contributed by atoms with E-state index >= 15 is 0 Å². The maximum atomic E-state index is 13.6. The van der Waals surface area contributed by atoms with Crippen molar-refractivity contribution in [2.75, 3.05) is 19.7 Å². The molecule has 0 aliphatic carbocycles. The van der Waals surface area contributed by atoms with Crippen molar-refractivity contribution in [1.29, 1.82) is 0 Å². The fraction of sp³-hybridized carbons (Fsp3) is 0.538. The molecule has 1 unspecified atom stereocenters. The molecular weight excluding hydrogens is 446 g/mol. The molecule has 35 heavy (non-hydrogen) atoms. The van der Waals surface area contributed by atoms with Gasteiger partial charge in [-0.25, -0.2) is 4.98 Å². The molecule has 2 N–H and O–H groups in total. The lowest BCUT2D eigenvalue weighted by Crippen LogP contribution is -2.64. The van der Waals surface area contributed by atoms with Crippen LogP contribution in [0.5, 0.6) is 5.75 Å². The van der Waals surface area contributed by atoms with Crippen molar-refractivity contribution in [2.24, 2.45) is 5.92 Å². The van der Waals surface area contributed by atoms with E-state index in [1.54, 1.807) is 16.4 Å². The van der Waals surface area contributed by atoms with Crippen molar-refractivity contribution in [1.82, 2.24) is 25.1 Å². The number of benzene rings is 1. The number of nitrogens with zero attached hydrogens (tertiary/aromatic N) is 3. The van der Waals surface area contributed by atoms with Gasteiger partial charge in [-0.2, -0.15) is 0 Å². The third-order valence-electron chi connectivity index (χ3n) is 6.21. The zero-order valence-electron chi connectivity index (χ0n) is 21.4. The van der Waals surface area contributed by atoms with Crippen LogP contribution in [0.2, 0.25) is 0 Å². The molecule has 1 aromatic heterocycles. The van der Waals surface area contributed by atoms with Crippen LogP contribution in [0.1, 0.15) is 74.0 Å². The van der Waals surface area contributed by atoms with Gasteiger partial charge in [-0.15, -0.1) is 0 Å². The Morgan fingerprint density at radius 2 is 1.89 bits per heavy atom. The minimum atomic E-state index is -1.06. The number of hydrogen-bond acceptors (Lipinski definition) is 5. The second-order valence-corrected chi connectivity index (χ2v) is 9.50. The first-order chi connectivity index (χ1) is 16.7. The van der Waals surface area contributed by atoms with E-state index in [2.05, 4.69) is 29.5 Å². The van der Waals surface area contributed by atoms with Crippen molar-refractivity contribution in [3.63, 3.8) is 0 Å². The summed E-state index contributed by atoms with van der Waals surface area (Å²) in [5.41, 5.74) is 0.132. The summed E-state index contributed by atoms with van der Waals surface area (Å²) in [4.78, 5) is 45.5. The summed E-state index contributed by atoms with van der Waals surface area (Å²) in [5.74, 6) is 0.252. The lowest BCUT2D eigenvalue weighted by Gasteiger charge is -2.43. The van der Waals surface area contributed by atoms with Crippen molar-refractivity contribution < 1.29 is 19.1 Å². The fourth-order valence-electron chi connectivity index (χ4n) is 4.23. The summed E-state index contributed by atoms with van der Waals surface area (Å²) in [7, 11) is 0. The van der Waals surface area contributed by atoms with Gasteiger partial charge in [-0.3, -0.25) is 14.4 Å². The zero-order valence-corrected chi connectivity index (χ0v) is 21.4. The van der Waals surface area contributed by atoms with Crippen LogP contribution in [0.25, 0.3) is 0 Å². The summed E-state index contributed by atoms with van der Waals surface area (Å²) in [5, 5.41) is 5.84. The molecule has 0 radical (unpaired) electrons. The van der Waals surface area contributed by atoms with Gasteiger partial charge >= 0.3 is 0 Å². The Morgan fingerprint density at radius 1 is 1.17 bits per heavy atom. The molecule has 1 atom stereocenters. The van der Waals surface area contributed by atoms with Gasteiger partial charge < -0.3 is 24.8 Å². The standard InChI is InChI=1S/C26H37N5O4/c1-6-14-31-24(33)22-21(23(32)28-15-19-8-10-20(11-9-19)35-7-2)29-17-30(22)16-26(31,5)25(34)27-13-12-18(3)4/h8-11,17-18H,6-7,12-16H2,1-5H3,(H,27,34)(H,28,32).